The molecule has 5 nitrogen and oxygen atoms in total. The van der Waals surface area contributed by atoms with Crippen molar-refractivity contribution in [1.82, 2.24) is 0 Å². The Kier molecular flexibility index (Phi) is 5.03. The summed E-state index contributed by atoms with van der Waals surface area (Å²) >= 11 is 5.89. The SMILES string of the molecule is Nc1ccccc1N(CCO)C(=O)Nc1cccc(Cl)c1. The molecule has 110 valence electrons. The molecule has 2 rings (SSSR count). The molecule has 2 aromatic rings. The molecule has 0 fully saturated rings. The van der Waals surface area contributed by atoms with Gasteiger partial charge >= 0.3 is 6.03 Å². The summed E-state index contributed by atoms with van der Waals surface area (Å²) in [5.74, 6) is 0. The van der Waals surface area contributed by atoms with Gasteiger partial charge in [0.05, 0.1) is 24.5 Å². The van der Waals surface area contributed by atoms with Crippen molar-refractivity contribution in [1.29, 1.82) is 0 Å². The van der Waals surface area contributed by atoms with Gasteiger partial charge in [0.1, 0.15) is 0 Å². The molecule has 2 aromatic carbocycles. The van der Waals surface area contributed by atoms with Crippen LogP contribution >= 0.6 is 11.6 Å². The zero-order chi connectivity index (χ0) is 15.2. The number of amides is 2. The number of nitrogens with zero attached hydrogens (tertiary/aromatic N) is 1. The van der Waals surface area contributed by atoms with Gasteiger partial charge in [-0.05, 0) is 30.3 Å². The molecule has 0 spiro atoms. The topological polar surface area (TPSA) is 78.6 Å². The summed E-state index contributed by atoms with van der Waals surface area (Å²) < 4.78 is 0. The van der Waals surface area contributed by atoms with Gasteiger partial charge in [0.25, 0.3) is 0 Å². The number of halogens is 1. The number of hydrogen-bond donors (Lipinski definition) is 3. The second-order valence-electron chi connectivity index (χ2n) is 4.37. The quantitative estimate of drug-likeness (QED) is 0.760. The fourth-order valence-corrected chi connectivity index (χ4v) is 2.11. The molecule has 21 heavy (non-hydrogen) atoms. The van der Waals surface area contributed by atoms with Crippen LogP contribution < -0.4 is 16.0 Å². The number of para-hydroxylation sites is 2. The number of aliphatic hydroxyl groups is 1. The summed E-state index contributed by atoms with van der Waals surface area (Å²) in [5.41, 5.74) is 7.47. The zero-order valence-corrected chi connectivity index (χ0v) is 12.0. The van der Waals surface area contributed by atoms with E-state index in [1.54, 1.807) is 48.5 Å². The van der Waals surface area contributed by atoms with Gasteiger partial charge in [-0.2, -0.15) is 0 Å². The molecule has 0 unspecified atom stereocenters. The van der Waals surface area contributed by atoms with Gasteiger partial charge < -0.3 is 16.2 Å². The minimum Gasteiger partial charge on any atom is -0.397 e. The number of nitrogens with two attached hydrogens (primary N) is 1. The lowest BCUT2D eigenvalue weighted by atomic mass is 10.2. The van der Waals surface area contributed by atoms with Gasteiger partial charge in [0.2, 0.25) is 0 Å². The standard InChI is InChI=1S/C15H16ClN3O2/c16-11-4-3-5-12(10-11)18-15(21)19(8-9-20)14-7-2-1-6-13(14)17/h1-7,10,20H,8-9,17H2,(H,18,21). The van der Waals surface area contributed by atoms with Crippen molar-refractivity contribution in [2.24, 2.45) is 0 Å². The van der Waals surface area contributed by atoms with Crippen LogP contribution in [0.5, 0.6) is 0 Å². The van der Waals surface area contributed by atoms with Crippen LogP contribution in [0.2, 0.25) is 5.02 Å². The van der Waals surface area contributed by atoms with E-state index in [1.807, 2.05) is 0 Å². The third-order valence-electron chi connectivity index (χ3n) is 2.87. The highest BCUT2D eigenvalue weighted by Gasteiger charge is 2.17. The largest absolute Gasteiger partial charge is 0.397 e. The highest BCUT2D eigenvalue weighted by atomic mass is 35.5. The zero-order valence-electron chi connectivity index (χ0n) is 11.3. The summed E-state index contributed by atoms with van der Waals surface area (Å²) in [6.07, 6.45) is 0. The number of urea groups is 1. The third kappa shape index (κ3) is 3.87. The van der Waals surface area contributed by atoms with Crippen molar-refractivity contribution in [2.75, 3.05) is 29.1 Å². The van der Waals surface area contributed by atoms with Crippen LogP contribution in [-0.2, 0) is 0 Å². The maximum atomic E-state index is 12.4. The highest BCUT2D eigenvalue weighted by Crippen LogP contribution is 2.23. The maximum Gasteiger partial charge on any atom is 0.326 e. The predicted molar refractivity (Wildman–Crippen MR) is 85.8 cm³/mol. The van der Waals surface area contributed by atoms with E-state index in [1.165, 1.54) is 4.90 Å². The lowest BCUT2D eigenvalue weighted by Crippen LogP contribution is -2.37. The average molecular weight is 306 g/mol. The molecule has 2 amide bonds. The van der Waals surface area contributed by atoms with Gasteiger partial charge in [0, 0.05) is 10.7 Å². The maximum absolute atomic E-state index is 12.4. The first-order valence-corrected chi connectivity index (χ1v) is 6.79. The Morgan fingerprint density at radius 1 is 1.24 bits per heavy atom. The van der Waals surface area contributed by atoms with Crippen molar-refractivity contribution in [2.45, 2.75) is 0 Å². The molecule has 0 heterocycles. The van der Waals surface area contributed by atoms with Gasteiger partial charge in [-0.3, -0.25) is 4.90 Å². The van der Waals surface area contributed by atoms with Gasteiger partial charge in [-0.25, -0.2) is 4.79 Å². The molecule has 0 aliphatic carbocycles. The van der Waals surface area contributed by atoms with Crippen LogP contribution in [0, 0.1) is 0 Å². The van der Waals surface area contributed by atoms with Crippen molar-refractivity contribution in [3.63, 3.8) is 0 Å². The van der Waals surface area contributed by atoms with E-state index in [0.717, 1.165) is 0 Å². The molecule has 6 heteroatoms. The molecule has 4 N–H and O–H groups in total. The summed E-state index contributed by atoms with van der Waals surface area (Å²) in [4.78, 5) is 13.8. The van der Waals surface area contributed by atoms with Gasteiger partial charge in [0.15, 0.2) is 0 Å². The number of nitrogen functional groups attached to an aromatic ring is 1. The van der Waals surface area contributed by atoms with E-state index in [2.05, 4.69) is 5.32 Å². The first-order chi connectivity index (χ1) is 10.1. The molecule has 0 aliphatic heterocycles. The van der Waals surface area contributed by atoms with Gasteiger partial charge in [-0.1, -0.05) is 29.8 Å². The van der Waals surface area contributed by atoms with E-state index in [9.17, 15) is 4.79 Å². The van der Waals surface area contributed by atoms with Gasteiger partial charge in [-0.15, -0.1) is 0 Å². The number of carbonyl (C=O) groups excluding carboxylic acids is 1. The summed E-state index contributed by atoms with van der Waals surface area (Å²) in [5, 5.41) is 12.4. The fourth-order valence-electron chi connectivity index (χ4n) is 1.92. The molecule has 0 atom stereocenters. The molecular formula is C15H16ClN3O2. The molecule has 0 saturated carbocycles. The first-order valence-electron chi connectivity index (χ1n) is 6.41. The average Bonchev–Trinajstić information content (AvgIpc) is 2.45. The Morgan fingerprint density at radius 3 is 2.67 bits per heavy atom. The van der Waals surface area contributed by atoms with Crippen LogP contribution in [0.25, 0.3) is 0 Å². The Balaban J connectivity index is 2.22. The number of nitrogens with one attached hydrogen (secondary N) is 1. The van der Waals surface area contributed by atoms with E-state index in [0.29, 0.717) is 22.1 Å². The normalized spacial score (nSPS) is 10.2. The highest BCUT2D eigenvalue weighted by molar-refractivity contribution is 6.30. The smallest absolute Gasteiger partial charge is 0.326 e. The number of benzene rings is 2. The number of aliphatic hydroxyl groups excluding tert-OH is 1. The molecule has 0 aromatic heterocycles. The molecule has 0 radical (unpaired) electrons. The van der Waals surface area contributed by atoms with Crippen LogP contribution in [0.3, 0.4) is 0 Å². The van der Waals surface area contributed by atoms with Crippen molar-refractivity contribution < 1.29 is 9.90 Å². The van der Waals surface area contributed by atoms with Crippen molar-refractivity contribution in [3.05, 3.63) is 53.6 Å². The van der Waals surface area contributed by atoms with E-state index < -0.39 is 0 Å². The number of rotatable bonds is 4. The van der Waals surface area contributed by atoms with Crippen LogP contribution in [0.4, 0.5) is 21.9 Å². The second kappa shape index (κ2) is 6.97. The van der Waals surface area contributed by atoms with E-state index >= 15 is 0 Å². The lowest BCUT2D eigenvalue weighted by molar-refractivity contribution is 0.252. The number of anilines is 3. The molecule has 0 bridgehead atoms. The fraction of sp³-hybridized carbons (Fsp3) is 0.133. The molecular weight excluding hydrogens is 290 g/mol. The summed E-state index contributed by atoms with van der Waals surface area (Å²) in [6, 6.07) is 13.4. The number of hydrogen-bond acceptors (Lipinski definition) is 3. The molecule has 0 aliphatic rings. The predicted octanol–water partition coefficient (Wildman–Crippen LogP) is 2.95. The number of carbonyl (C=O) groups is 1. The van der Waals surface area contributed by atoms with Crippen LogP contribution in [-0.4, -0.2) is 24.3 Å². The minimum absolute atomic E-state index is 0.139. The van der Waals surface area contributed by atoms with Crippen LogP contribution in [0.1, 0.15) is 0 Å². The van der Waals surface area contributed by atoms with Crippen molar-refractivity contribution in [3.8, 4) is 0 Å². The summed E-state index contributed by atoms with van der Waals surface area (Å²) in [6.45, 7) is -0.0298. The monoisotopic (exact) mass is 305 g/mol. The summed E-state index contributed by atoms with van der Waals surface area (Å²) in [7, 11) is 0. The Hall–Kier alpha value is -2.24. The first kappa shape index (κ1) is 15.2. The Morgan fingerprint density at radius 2 is 2.00 bits per heavy atom. The third-order valence-corrected chi connectivity index (χ3v) is 3.11. The second-order valence-corrected chi connectivity index (χ2v) is 4.81. The Bertz CT molecular complexity index is 634. The van der Waals surface area contributed by atoms with E-state index in [4.69, 9.17) is 22.4 Å². The van der Waals surface area contributed by atoms with Crippen molar-refractivity contribution >= 4 is 34.7 Å². The minimum atomic E-state index is -0.385. The van der Waals surface area contributed by atoms with Crippen LogP contribution in [0.15, 0.2) is 48.5 Å². The Labute approximate surface area is 127 Å². The molecule has 0 saturated heterocycles. The lowest BCUT2D eigenvalue weighted by Gasteiger charge is -2.23. The van der Waals surface area contributed by atoms with E-state index in [-0.39, 0.29) is 19.2 Å².